The van der Waals surface area contributed by atoms with Crippen LogP contribution in [-0.4, -0.2) is 44.8 Å². The van der Waals surface area contributed by atoms with Crippen molar-refractivity contribution in [2.45, 2.75) is 31.8 Å². The molecule has 0 aromatic heterocycles. The second-order valence-electron chi connectivity index (χ2n) is 5.64. The first-order chi connectivity index (χ1) is 9.65. The minimum absolute atomic E-state index is 0.269. The van der Waals surface area contributed by atoms with Crippen LogP contribution in [0.4, 0.5) is 0 Å². The van der Waals surface area contributed by atoms with Crippen molar-refractivity contribution >= 4 is 0 Å². The first-order valence-electron chi connectivity index (χ1n) is 7.37. The molecule has 1 saturated heterocycles. The van der Waals surface area contributed by atoms with Crippen LogP contribution in [0.3, 0.4) is 0 Å². The van der Waals surface area contributed by atoms with Crippen LogP contribution in [0.1, 0.15) is 31.2 Å². The fraction of sp³-hybridized carbons (Fsp3) is 0.625. The summed E-state index contributed by atoms with van der Waals surface area (Å²) >= 11 is 0. The molecule has 0 radical (unpaired) electrons. The van der Waals surface area contributed by atoms with Gasteiger partial charge in [0.05, 0.1) is 7.11 Å². The van der Waals surface area contributed by atoms with Crippen LogP contribution < -0.4 is 15.2 Å². The SMILES string of the molecule is COc1c(OC2CCN(C)CC2)cccc1C(C)CN. The average molecular weight is 278 g/mol. The van der Waals surface area contributed by atoms with Gasteiger partial charge >= 0.3 is 0 Å². The molecule has 0 aliphatic carbocycles. The molecule has 1 aliphatic rings. The summed E-state index contributed by atoms with van der Waals surface area (Å²) in [5.41, 5.74) is 6.90. The van der Waals surface area contributed by atoms with Crippen molar-refractivity contribution in [3.63, 3.8) is 0 Å². The maximum atomic E-state index is 6.17. The van der Waals surface area contributed by atoms with Crippen molar-refractivity contribution < 1.29 is 9.47 Å². The summed E-state index contributed by atoms with van der Waals surface area (Å²) < 4.78 is 11.7. The molecule has 4 nitrogen and oxygen atoms in total. The van der Waals surface area contributed by atoms with E-state index in [0.717, 1.165) is 43.0 Å². The van der Waals surface area contributed by atoms with Crippen LogP contribution >= 0.6 is 0 Å². The number of ether oxygens (including phenoxy) is 2. The van der Waals surface area contributed by atoms with E-state index in [4.69, 9.17) is 15.2 Å². The van der Waals surface area contributed by atoms with E-state index in [1.807, 2.05) is 12.1 Å². The Bertz CT molecular complexity index is 428. The summed E-state index contributed by atoms with van der Waals surface area (Å²) in [5.74, 6) is 1.95. The number of nitrogens with zero attached hydrogens (tertiary/aromatic N) is 1. The molecule has 1 aromatic rings. The van der Waals surface area contributed by atoms with Crippen LogP contribution in [0.2, 0.25) is 0 Å². The largest absolute Gasteiger partial charge is 0.493 e. The topological polar surface area (TPSA) is 47.7 Å². The smallest absolute Gasteiger partial charge is 0.164 e. The number of piperidine rings is 1. The average Bonchev–Trinajstić information content (AvgIpc) is 2.48. The third kappa shape index (κ3) is 3.44. The molecule has 2 N–H and O–H groups in total. The van der Waals surface area contributed by atoms with Gasteiger partial charge in [-0.25, -0.2) is 0 Å². The monoisotopic (exact) mass is 278 g/mol. The minimum Gasteiger partial charge on any atom is -0.493 e. The number of methoxy groups -OCH3 is 1. The molecule has 1 unspecified atom stereocenters. The second kappa shape index (κ2) is 6.95. The Labute approximate surface area is 121 Å². The van der Waals surface area contributed by atoms with E-state index in [-0.39, 0.29) is 12.0 Å². The van der Waals surface area contributed by atoms with Gasteiger partial charge in [0, 0.05) is 18.7 Å². The van der Waals surface area contributed by atoms with Crippen LogP contribution in [0.25, 0.3) is 0 Å². The lowest BCUT2D eigenvalue weighted by molar-refractivity contribution is 0.111. The predicted molar refractivity (Wildman–Crippen MR) is 81.6 cm³/mol. The van der Waals surface area contributed by atoms with Crippen molar-refractivity contribution in [2.75, 3.05) is 33.8 Å². The van der Waals surface area contributed by atoms with Crippen molar-refractivity contribution in [2.24, 2.45) is 5.73 Å². The maximum absolute atomic E-state index is 6.17. The molecule has 1 heterocycles. The van der Waals surface area contributed by atoms with Crippen LogP contribution in [0.5, 0.6) is 11.5 Å². The fourth-order valence-electron chi connectivity index (χ4n) is 2.64. The minimum atomic E-state index is 0.269. The Morgan fingerprint density at radius 3 is 2.65 bits per heavy atom. The van der Waals surface area contributed by atoms with Crippen molar-refractivity contribution in [3.05, 3.63) is 23.8 Å². The van der Waals surface area contributed by atoms with E-state index in [1.54, 1.807) is 7.11 Å². The summed E-state index contributed by atoms with van der Waals surface area (Å²) in [6.45, 7) is 4.89. The molecule has 1 aromatic carbocycles. The van der Waals surface area contributed by atoms with Gasteiger partial charge in [-0.05, 0) is 38.4 Å². The number of hydrogen-bond donors (Lipinski definition) is 1. The Balaban J connectivity index is 2.14. The zero-order valence-electron chi connectivity index (χ0n) is 12.8. The number of hydrogen-bond acceptors (Lipinski definition) is 4. The van der Waals surface area contributed by atoms with Gasteiger partial charge in [-0.3, -0.25) is 0 Å². The molecule has 1 fully saturated rings. The summed E-state index contributed by atoms with van der Waals surface area (Å²) in [4.78, 5) is 2.34. The number of nitrogens with two attached hydrogens (primary N) is 1. The van der Waals surface area contributed by atoms with Gasteiger partial charge in [0.25, 0.3) is 0 Å². The van der Waals surface area contributed by atoms with Gasteiger partial charge in [0.15, 0.2) is 11.5 Å². The highest BCUT2D eigenvalue weighted by atomic mass is 16.5. The van der Waals surface area contributed by atoms with E-state index in [1.165, 1.54) is 0 Å². The Kier molecular flexibility index (Phi) is 5.26. The zero-order valence-corrected chi connectivity index (χ0v) is 12.8. The van der Waals surface area contributed by atoms with Gasteiger partial charge < -0.3 is 20.1 Å². The van der Waals surface area contributed by atoms with Crippen molar-refractivity contribution in [3.8, 4) is 11.5 Å². The lowest BCUT2D eigenvalue weighted by atomic mass is 9.99. The van der Waals surface area contributed by atoms with Crippen LogP contribution in [-0.2, 0) is 0 Å². The van der Waals surface area contributed by atoms with Crippen molar-refractivity contribution in [1.82, 2.24) is 4.90 Å². The molecule has 0 amide bonds. The van der Waals surface area contributed by atoms with Gasteiger partial charge in [-0.2, -0.15) is 0 Å². The molecular weight excluding hydrogens is 252 g/mol. The second-order valence-corrected chi connectivity index (χ2v) is 5.64. The molecule has 2 rings (SSSR count). The summed E-state index contributed by atoms with van der Waals surface area (Å²) in [6, 6.07) is 6.08. The standard InChI is InChI=1S/C16H26N2O2/c1-12(11-17)14-5-4-6-15(16(14)19-3)20-13-7-9-18(2)10-8-13/h4-6,12-13H,7-11,17H2,1-3H3. The molecule has 112 valence electrons. The lowest BCUT2D eigenvalue weighted by Crippen LogP contribution is -2.35. The third-order valence-corrected chi connectivity index (χ3v) is 4.06. The van der Waals surface area contributed by atoms with E-state index in [2.05, 4.69) is 24.9 Å². The highest BCUT2D eigenvalue weighted by Crippen LogP contribution is 2.36. The normalized spacial score (nSPS) is 18.8. The molecule has 4 heteroatoms. The van der Waals surface area contributed by atoms with Crippen LogP contribution in [0.15, 0.2) is 18.2 Å². The molecule has 0 bridgehead atoms. The number of benzene rings is 1. The van der Waals surface area contributed by atoms with E-state index < -0.39 is 0 Å². The Morgan fingerprint density at radius 1 is 1.35 bits per heavy atom. The molecule has 1 aliphatic heterocycles. The lowest BCUT2D eigenvalue weighted by Gasteiger charge is -2.30. The predicted octanol–water partition coefficient (Wildman–Crippen LogP) is 2.23. The van der Waals surface area contributed by atoms with E-state index in [0.29, 0.717) is 6.54 Å². The Morgan fingerprint density at radius 2 is 2.05 bits per heavy atom. The first-order valence-corrected chi connectivity index (χ1v) is 7.37. The number of rotatable bonds is 5. The van der Waals surface area contributed by atoms with Crippen molar-refractivity contribution in [1.29, 1.82) is 0 Å². The van der Waals surface area contributed by atoms with E-state index in [9.17, 15) is 0 Å². The summed E-state index contributed by atoms with van der Waals surface area (Å²) in [7, 11) is 3.85. The molecule has 1 atom stereocenters. The third-order valence-electron chi connectivity index (χ3n) is 4.06. The summed E-state index contributed by atoms with van der Waals surface area (Å²) in [6.07, 6.45) is 2.41. The highest BCUT2D eigenvalue weighted by Gasteiger charge is 2.21. The van der Waals surface area contributed by atoms with Gasteiger partial charge in [-0.15, -0.1) is 0 Å². The van der Waals surface area contributed by atoms with Gasteiger partial charge in [0.1, 0.15) is 6.10 Å². The quantitative estimate of drug-likeness (QED) is 0.897. The zero-order chi connectivity index (χ0) is 14.5. The highest BCUT2D eigenvalue weighted by molar-refractivity contribution is 5.48. The van der Waals surface area contributed by atoms with E-state index >= 15 is 0 Å². The molecule has 0 spiro atoms. The Hall–Kier alpha value is -1.26. The molecule has 0 saturated carbocycles. The first kappa shape index (κ1) is 15.1. The summed E-state index contributed by atoms with van der Waals surface area (Å²) in [5, 5.41) is 0. The van der Waals surface area contributed by atoms with Gasteiger partial charge in [-0.1, -0.05) is 19.1 Å². The molecular formula is C16H26N2O2. The molecule has 20 heavy (non-hydrogen) atoms. The van der Waals surface area contributed by atoms with Crippen LogP contribution in [0, 0.1) is 0 Å². The van der Waals surface area contributed by atoms with Gasteiger partial charge in [0.2, 0.25) is 0 Å². The maximum Gasteiger partial charge on any atom is 0.164 e. The number of likely N-dealkylation sites (tertiary alicyclic amines) is 1. The fourth-order valence-corrected chi connectivity index (χ4v) is 2.64. The number of para-hydroxylation sites is 1.